The van der Waals surface area contributed by atoms with Gasteiger partial charge in [0.25, 0.3) is 0 Å². The van der Waals surface area contributed by atoms with Crippen molar-refractivity contribution in [3.63, 3.8) is 0 Å². The van der Waals surface area contributed by atoms with Crippen LogP contribution in [0.1, 0.15) is 10.4 Å². The number of carboxylic acid groups (broad SMARTS) is 1. The van der Waals surface area contributed by atoms with Crippen LogP contribution in [0.25, 0.3) is 22.0 Å². The van der Waals surface area contributed by atoms with Crippen LogP contribution in [0, 0.1) is 0 Å². The number of halogens is 1. The quantitative estimate of drug-likeness (QED) is 0.780. The van der Waals surface area contributed by atoms with E-state index >= 15 is 0 Å². The molecule has 0 saturated carbocycles. The Kier molecular flexibility index (Phi) is 3.08. The minimum absolute atomic E-state index is 0.223. The van der Waals surface area contributed by atoms with Crippen molar-refractivity contribution in [3.05, 3.63) is 59.2 Å². The summed E-state index contributed by atoms with van der Waals surface area (Å²) in [6, 6.07) is 12.1. The fraction of sp³-hybridized carbons (Fsp3) is 0. The fourth-order valence-corrected chi connectivity index (χ4v) is 2.18. The molecule has 0 saturated heterocycles. The molecule has 2 aromatic carbocycles. The van der Waals surface area contributed by atoms with Crippen molar-refractivity contribution in [1.29, 1.82) is 0 Å². The number of hydrogen-bond acceptors (Lipinski definition) is 3. The average molecular weight is 285 g/mol. The highest BCUT2D eigenvalue weighted by Crippen LogP contribution is 2.28. The third-order valence-electron chi connectivity index (χ3n) is 3.04. The molecule has 4 nitrogen and oxygen atoms in total. The van der Waals surface area contributed by atoms with Crippen LogP contribution < -0.4 is 0 Å². The molecule has 0 unspecified atom stereocenters. The van der Waals surface area contributed by atoms with Crippen molar-refractivity contribution in [1.82, 2.24) is 10.2 Å². The summed E-state index contributed by atoms with van der Waals surface area (Å²) in [5, 5.41) is 18.5. The molecule has 5 heteroatoms. The van der Waals surface area contributed by atoms with Crippen molar-refractivity contribution in [2.24, 2.45) is 0 Å². The summed E-state index contributed by atoms with van der Waals surface area (Å²) in [6.45, 7) is 0. The maximum absolute atomic E-state index is 11.1. The maximum Gasteiger partial charge on any atom is 0.335 e. The Bertz CT molecular complexity index is 801. The van der Waals surface area contributed by atoms with Crippen LogP contribution >= 0.6 is 11.6 Å². The molecule has 0 fully saturated rings. The zero-order valence-electron chi connectivity index (χ0n) is 10.2. The number of aromatic carboxylic acids is 1. The van der Waals surface area contributed by atoms with Crippen LogP contribution in [0.5, 0.6) is 0 Å². The second kappa shape index (κ2) is 4.90. The predicted molar refractivity (Wildman–Crippen MR) is 76.9 cm³/mol. The predicted octanol–water partition coefficient (Wildman–Crippen LogP) is 3.65. The minimum Gasteiger partial charge on any atom is -0.478 e. The molecule has 0 aliphatic heterocycles. The molecular formula is C15H9ClN2O2. The lowest BCUT2D eigenvalue weighted by Gasteiger charge is -2.06. The maximum atomic E-state index is 11.1. The third kappa shape index (κ3) is 2.21. The number of rotatable bonds is 2. The van der Waals surface area contributed by atoms with E-state index in [1.807, 2.05) is 12.1 Å². The molecule has 0 bridgehead atoms. The van der Waals surface area contributed by atoms with E-state index in [4.69, 9.17) is 16.7 Å². The lowest BCUT2D eigenvalue weighted by atomic mass is 10.0. The first-order valence-corrected chi connectivity index (χ1v) is 6.27. The second-order valence-corrected chi connectivity index (χ2v) is 4.74. The molecule has 1 aromatic heterocycles. The van der Waals surface area contributed by atoms with Gasteiger partial charge in [-0.15, -0.1) is 0 Å². The van der Waals surface area contributed by atoms with Gasteiger partial charge in [0.1, 0.15) is 0 Å². The van der Waals surface area contributed by atoms with E-state index in [2.05, 4.69) is 10.2 Å². The number of benzene rings is 2. The van der Waals surface area contributed by atoms with Gasteiger partial charge in [0.05, 0.1) is 17.3 Å². The van der Waals surface area contributed by atoms with Gasteiger partial charge in [-0.1, -0.05) is 23.7 Å². The highest BCUT2D eigenvalue weighted by Gasteiger charge is 2.09. The number of carboxylic acids is 1. The lowest BCUT2D eigenvalue weighted by molar-refractivity contribution is 0.0697. The number of fused-ring (bicyclic) bond motifs is 1. The van der Waals surface area contributed by atoms with Crippen molar-refractivity contribution >= 4 is 28.5 Å². The normalized spacial score (nSPS) is 10.7. The first kappa shape index (κ1) is 12.6. The Morgan fingerprint density at radius 3 is 2.55 bits per heavy atom. The van der Waals surface area contributed by atoms with E-state index in [0.717, 1.165) is 16.5 Å². The Hall–Kier alpha value is -2.46. The Morgan fingerprint density at radius 2 is 1.85 bits per heavy atom. The van der Waals surface area contributed by atoms with Gasteiger partial charge in [0, 0.05) is 16.0 Å². The van der Waals surface area contributed by atoms with Crippen molar-refractivity contribution < 1.29 is 9.90 Å². The summed E-state index contributed by atoms with van der Waals surface area (Å²) in [6.07, 6.45) is 1.62. The molecule has 0 aliphatic rings. The molecule has 3 rings (SSSR count). The Morgan fingerprint density at radius 1 is 1.10 bits per heavy atom. The summed E-state index contributed by atoms with van der Waals surface area (Å²) < 4.78 is 0. The van der Waals surface area contributed by atoms with Crippen molar-refractivity contribution in [3.8, 4) is 11.1 Å². The fourth-order valence-electron chi connectivity index (χ4n) is 2.05. The largest absolute Gasteiger partial charge is 0.478 e. The van der Waals surface area contributed by atoms with Gasteiger partial charge in [-0.3, -0.25) is 0 Å². The smallest absolute Gasteiger partial charge is 0.335 e. The van der Waals surface area contributed by atoms with E-state index in [-0.39, 0.29) is 5.56 Å². The molecular weight excluding hydrogens is 276 g/mol. The number of aromatic nitrogens is 2. The molecule has 0 atom stereocenters. The van der Waals surface area contributed by atoms with Gasteiger partial charge in [0.15, 0.2) is 0 Å². The Balaban J connectivity index is 2.26. The van der Waals surface area contributed by atoms with Crippen molar-refractivity contribution in [2.75, 3.05) is 0 Å². The van der Waals surface area contributed by atoms with Crippen LogP contribution in [0.15, 0.2) is 48.7 Å². The summed E-state index contributed by atoms with van der Waals surface area (Å²) >= 11 is 5.88. The van der Waals surface area contributed by atoms with Gasteiger partial charge < -0.3 is 5.11 Å². The van der Waals surface area contributed by atoms with Crippen LogP contribution in [0.3, 0.4) is 0 Å². The first-order valence-electron chi connectivity index (χ1n) is 5.90. The highest BCUT2D eigenvalue weighted by atomic mass is 35.5. The van der Waals surface area contributed by atoms with Gasteiger partial charge in [-0.05, 0) is 35.9 Å². The molecule has 1 heterocycles. The van der Waals surface area contributed by atoms with Crippen molar-refractivity contribution in [2.45, 2.75) is 0 Å². The zero-order chi connectivity index (χ0) is 14.1. The highest BCUT2D eigenvalue weighted by molar-refractivity contribution is 6.30. The number of hydrogen-bond donors (Lipinski definition) is 1. The second-order valence-electron chi connectivity index (χ2n) is 4.30. The van der Waals surface area contributed by atoms with Gasteiger partial charge >= 0.3 is 5.97 Å². The molecule has 3 aromatic rings. The van der Waals surface area contributed by atoms with Gasteiger partial charge in [-0.25, -0.2) is 4.79 Å². The standard InChI is InChI=1S/C15H9ClN2O2/c16-11-4-1-9(2-5-11)13-8-17-18-14-6-3-10(15(19)20)7-12(13)14/h1-8H,(H,19,20). The SMILES string of the molecule is O=C(O)c1ccc2nncc(-c3ccc(Cl)cc3)c2c1. The van der Waals surface area contributed by atoms with E-state index in [1.54, 1.807) is 30.5 Å². The van der Waals surface area contributed by atoms with Crippen LogP contribution in [0.4, 0.5) is 0 Å². The summed E-state index contributed by atoms with van der Waals surface area (Å²) in [5.74, 6) is -0.967. The average Bonchev–Trinajstić information content (AvgIpc) is 2.47. The molecule has 1 N–H and O–H groups in total. The Labute approximate surface area is 119 Å². The molecule has 0 aliphatic carbocycles. The van der Waals surface area contributed by atoms with Crippen LogP contribution in [-0.4, -0.2) is 21.3 Å². The summed E-state index contributed by atoms with van der Waals surface area (Å²) in [7, 11) is 0. The molecule has 20 heavy (non-hydrogen) atoms. The van der Waals surface area contributed by atoms with Crippen LogP contribution in [-0.2, 0) is 0 Å². The summed E-state index contributed by atoms with van der Waals surface area (Å²) in [4.78, 5) is 11.1. The lowest BCUT2D eigenvalue weighted by Crippen LogP contribution is -1.97. The van der Waals surface area contributed by atoms with E-state index in [1.165, 1.54) is 6.07 Å². The number of nitrogens with zero attached hydrogens (tertiary/aromatic N) is 2. The first-order chi connectivity index (χ1) is 9.65. The number of carbonyl (C=O) groups is 1. The summed E-state index contributed by atoms with van der Waals surface area (Å²) in [5.41, 5.74) is 2.62. The minimum atomic E-state index is -0.967. The topological polar surface area (TPSA) is 63.1 Å². The molecule has 0 radical (unpaired) electrons. The molecule has 0 amide bonds. The van der Waals surface area contributed by atoms with E-state index in [9.17, 15) is 4.79 Å². The van der Waals surface area contributed by atoms with Crippen LogP contribution in [0.2, 0.25) is 5.02 Å². The molecule has 98 valence electrons. The van der Waals surface area contributed by atoms with Gasteiger partial charge in [-0.2, -0.15) is 10.2 Å². The van der Waals surface area contributed by atoms with Gasteiger partial charge in [0.2, 0.25) is 0 Å². The third-order valence-corrected chi connectivity index (χ3v) is 3.29. The van der Waals surface area contributed by atoms with E-state index < -0.39 is 5.97 Å². The molecule has 0 spiro atoms. The zero-order valence-corrected chi connectivity index (χ0v) is 11.0. The van der Waals surface area contributed by atoms with E-state index in [0.29, 0.717) is 10.5 Å². The monoisotopic (exact) mass is 284 g/mol.